The molecule has 0 radical (unpaired) electrons. The fourth-order valence-electron chi connectivity index (χ4n) is 2.64. The zero-order chi connectivity index (χ0) is 11.2. The van der Waals surface area contributed by atoms with E-state index in [1.54, 1.807) is 0 Å². The van der Waals surface area contributed by atoms with Gasteiger partial charge in [-0.25, -0.2) is 0 Å². The molecule has 2 saturated carbocycles. The predicted octanol–water partition coefficient (Wildman–Crippen LogP) is 2.89. The minimum Gasteiger partial charge on any atom is -0.361 e. The summed E-state index contributed by atoms with van der Waals surface area (Å²) in [6.45, 7) is 5.67. The van der Waals surface area contributed by atoms with Crippen molar-refractivity contribution in [2.45, 2.75) is 45.6 Å². The van der Waals surface area contributed by atoms with Crippen LogP contribution in [0, 0.1) is 17.3 Å². The minimum atomic E-state index is 0.639. The molecule has 3 rings (SSSR count). The van der Waals surface area contributed by atoms with E-state index in [1.165, 1.54) is 36.6 Å². The van der Waals surface area contributed by atoms with Gasteiger partial charge in [0, 0.05) is 18.3 Å². The highest BCUT2D eigenvalue weighted by Crippen LogP contribution is 2.61. The second-order valence-corrected chi connectivity index (χ2v) is 7.07. The van der Waals surface area contributed by atoms with Gasteiger partial charge >= 0.3 is 0 Å². The van der Waals surface area contributed by atoms with Crippen molar-refractivity contribution in [3.05, 3.63) is 0 Å². The third kappa shape index (κ3) is 2.11. The van der Waals surface area contributed by atoms with Crippen LogP contribution >= 0.6 is 11.8 Å². The van der Waals surface area contributed by atoms with Gasteiger partial charge in [-0.2, -0.15) is 0 Å². The molecule has 0 amide bonds. The van der Waals surface area contributed by atoms with Gasteiger partial charge < -0.3 is 5.32 Å². The molecule has 2 aliphatic carbocycles. The molecule has 1 N–H and O–H groups in total. The number of thioether (sulfide) groups is 1. The monoisotopic (exact) mass is 238 g/mol. The molecular formula is C13H22N2S. The van der Waals surface area contributed by atoms with Gasteiger partial charge in [0.25, 0.3) is 0 Å². The van der Waals surface area contributed by atoms with E-state index in [2.05, 4.69) is 19.2 Å². The zero-order valence-electron chi connectivity index (χ0n) is 10.3. The van der Waals surface area contributed by atoms with Crippen LogP contribution in [0.4, 0.5) is 0 Å². The van der Waals surface area contributed by atoms with E-state index in [0.717, 1.165) is 18.4 Å². The summed E-state index contributed by atoms with van der Waals surface area (Å²) in [5.41, 5.74) is 0.658. The highest BCUT2D eigenvalue weighted by Gasteiger charge is 2.53. The van der Waals surface area contributed by atoms with Crippen molar-refractivity contribution in [2.75, 3.05) is 12.3 Å². The Morgan fingerprint density at radius 1 is 1.44 bits per heavy atom. The lowest BCUT2D eigenvalue weighted by atomic mass is 10.0. The van der Waals surface area contributed by atoms with Crippen molar-refractivity contribution in [3.63, 3.8) is 0 Å². The van der Waals surface area contributed by atoms with Crippen LogP contribution in [0.1, 0.15) is 39.5 Å². The summed E-state index contributed by atoms with van der Waals surface area (Å²) in [4.78, 5) is 4.82. The number of hydrogen-bond donors (Lipinski definition) is 1. The lowest BCUT2D eigenvalue weighted by Crippen LogP contribution is -2.31. The average molecular weight is 238 g/mol. The number of nitrogens with zero attached hydrogens (tertiary/aromatic N) is 1. The SMILES string of the molecule is CC(C)C1CSC(=NCC2(C3CC3)CC2)N1. The Kier molecular flexibility index (Phi) is 2.69. The lowest BCUT2D eigenvalue weighted by molar-refractivity contribution is 0.452. The maximum Gasteiger partial charge on any atom is 0.156 e. The Hall–Kier alpha value is -0.180. The molecule has 1 heterocycles. The molecule has 1 unspecified atom stereocenters. The fourth-order valence-corrected chi connectivity index (χ4v) is 3.84. The maximum absolute atomic E-state index is 4.82. The quantitative estimate of drug-likeness (QED) is 0.814. The van der Waals surface area contributed by atoms with E-state index in [9.17, 15) is 0 Å². The van der Waals surface area contributed by atoms with Gasteiger partial charge in [-0.1, -0.05) is 25.6 Å². The van der Waals surface area contributed by atoms with Crippen LogP contribution < -0.4 is 5.32 Å². The number of aliphatic imine (C=N–C) groups is 1. The molecule has 0 spiro atoms. The third-order valence-corrected chi connectivity index (χ3v) is 5.43. The molecule has 3 aliphatic rings. The normalized spacial score (nSPS) is 34.4. The van der Waals surface area contributed by atoms with Gasteiger partial charge in [0.15, 0.2) is 5.17 Å². The molecule has 1 aliphatic heterocycles. The van der Waals surface area contributed by atoms with Crippen LogP contribution in [0.5, 0.6) is 0 Å². The Morgan fingerprint density at radius 2 is 2.19 bits per heavy atom. The number of rotatable bonds is 4. The van der Waals surface area contributed by atoms with Crippen molar-refractivity contribution in [3.8, 4) is 0 Å². The fraction of sp³-hybridized carbons (Fsp3) is 0.923. The summed E-state index contributed by atoms with van der Waals surface area (Å²) in [6, 6.07) is 0.639. The van der Waals surface area contributed by atoms with Gasteiger partial charge in [0.1, 0.15) is 0 Å². The first kappa shape index (κ1) is 10.9. The molecule has 3 heteroatoms. The molecule has 16 heavy (non-hydrogen) atoms. The Bertz CT molecular complexity index is 303. The molecule has 3 fully saturated rings. The highest BCUT2D eigenvalue weighted by molar-refractivity contribution is 8.14. The van der Waals surface area contributed by atoms with Crippen molar-refractivity contribution >= 4 is 16.9 Å². The summed E-state index contributed by atoms with van der Waals surface area (Å²) < 4.78 is 0. The first-order chi connectivity index (χ1) is 7.70. The number of hydrogen-bond acceptors (Lipinski definition) is 2. The van der Waals surface area contributed by atoms with Crippen LogP contribution in [0.2, 0.25) is 0 Å². The zero-order valence-corrected chi connectivity index (χ0v) is 11.1. The van der Waals surface area contributed by atoms with Crippen LogP contribution in [0.25, 0.3) is 0 Å². The summed E-state index contributed by atoms with van der Waals surface area (Å²) in [5, 5.41) is 4.78. The Labute approximate surface area is 103 Å². The second-order valence-electron chi connectivity index (χ2n) is 6.06. The lowest BCUT2D eigenvalue weighted by Gasteiger charge is -2.14. The summed E-state index contributed by atoms with van der Waals surface area (Å²) >= 11 is 1.92. The Morgan fingerprint density at radius 3 is 2.69 bits per heavy atom. The molecule has 90 valence electrons. The van der Waals surface area contributed by atoms with Crippen molar-refractivity contribution in [2.24, 2.45) is 22.2 Å². The first-order valence-corrected chi connectivity index (χ1v) is 7.62. The first-order valence-electron chi connectivity index (χ1n) is 6.63. The van der Waals surface area contributed by atoms with Gasteiger partial charge in [-0.3, -0.25) is 4.99 Å². The van der Waals surface area contributed by atoms with E-state index < -0.39 is 0 Å². The molecule has 0 aromatic carbocycles. The summed E-state index contributed by atoms with van der Waals surface area (Å²) in [7, 11) is 0. The molecule has 1 atom stereocenters. The van der Waals surface area contributed by atoms with Crippen LogP contribution in [-0.2, 0) is 0 Å². The smallest absolute Gasteiger partial charge is 0.156 e. The van der Waals surface area contributed by atoms with E-state index in [0.29, 0.717) is 11.5 Å². The van der Waals surface area contributed by atoms with Crippen molar-refractivity contribution < 1.29 is 0 Å². The highest BCUT2D eigenvalue weighted by atomic mass is 32.2. The molecule has 0 aromatic rings. The van der Waals surface area contributed by atoms with E-state index >= 15 is 0 Å². The Balaban J connectivity index is 1.54. The molecule has 2 nitrogen and oxygen atoms in total. The van der Waals surface area contributed by atoms with E-state index in [-0.39, 0.29) is 0 Å². The average Bonchev–Trinajstić information content (AvgIpc) is 3.13. The minimum absolute atomic E-state index is 0.639. The van der Waals surface area contributed by atoms with Gasteiger partial charge in [-0.05, 0) is 42.9 Å². The second kappa shape index (κ2) is 3.94. The number of amidine groups is 1. The predicted molar refractivity (Wildman–Crippen MR) is 70.9 cm³/mol. The van der Waals surface area contributed by atoms with Crippen molar-refractivity contribution in [1.82, 2.24) is 5.32 Å². The summed E-state index contributed by atoms with van der Waals surface area (Å²) in [6.07, 6.45) is 5.82. The van der Waals surface area contributed by atoms with Crippen LogP contribution in [0.15, 0.2) is 4.99 Å². The molecular weight excluding hydrogens is 216 g/mol. The van der Waals surface area contributed by atoms with Gasteiger partial charge in [0.2, 0.25) is 0 Å². The standard InChI is InChI=1S/C13H22N2S/c1-9(2)11-7-16-12(15-11)14-8-13(5-6-13)10-3-4-10/h9-11H,3-8H2,1-2H3,(H,14,15). The third-order valence-electron chi connectivity index (χ3n) is 4.39. The van der Waals surface area contributed by atoms with E-state index in [4.69, 9.17) is 4.99 Å². The van der Waals surface area contributed by atoms with Crippen molar-refractivity contribution in [1.29, 1.82) is 0 Å². The number of nitrogens with one attached hydrogen (secondary N) is 1. The topological polar surface area (TPSA) is 24.4 Å². The molecule has 1 saturated heterocycles. The molecule has 0 bridgehead atoms. The largest absolute Gasteiger partial charge is 0.361 e. The van der Waals surface area contributed by atoms with Crippen LogP contribution in [0.3, 0.4) is 0 Å². The summed E-state index contributed by atoms with van der Waals surface area (Å²) in [5.74, 6) is 2.95. The van der Waals surface area contributed by atoms with Gasteiger partial charge in [0.05, 0.1) is 0 Å². The van der Waals surface area contributed by atoms with Crippen LogP contribution in [-0.4, -0.2) is 23.5 Å². The molecule has 0 aromatic heterocycles. The van der Waals surface area contributed by atoms with E-state index in [1.807, 2.05) is 11.8 Å². The van der Waals surface area contributed by atoms with Gasteiger partial charge in [-0.15, -0.1) is 0 Å². The maximum atomic E-state index is 4.82.